The van der Waals surface area contributed by atoms with Crippen molar-refractivity contribution in [3.05, 3.63) is 0 Å². The Kier molecular flexibility index (Phi) is 7.54. The lowest BCUT2D eigenvalue weighted by Gasteiger charge is -2.25. The van der Waals surface area contributed by atoms with Gasteiger partial charge >= 0.3 is 12.0 Å². The molecule has 1 rings (SSSR count). The van der Waals surface area contributed by atoms with Gasteiger partial charge in [-0.25, -0.2) is 4.79 Å². The molecular weight excluding hydrogens is 268 g/mol. The zero-order valence-electron chi connectivity index (χ0n) is 13.6. The number of carbonyl (C=O) groups excluding carboxylic acids is 1. The van der Waals surface area contributed by atoms with Crippen LogP contribution in [0.15, 0.2) is 0 Å². The van der Waals surface area contributed by atoms with Crippen molar-refractivity contribution >= 4 is 12.0 Å². The summed E-state index contributed by atoms with van der Waals surface area (Å²) in [6.45, 7) is 4.84. The second-order valence-electron chi connectivity index (χ2n) is 6.30. The van der Waals surface area contributed by atoms with Crippen LogP contribution in [0, 0.1) is 11.8 Å². The molecule has 5 nitrogen and oxygen atoms in total. The van der Waals surface area contributed by atoms with Gasteiger partial charge in [0.15, 0.2) is 0 Å². The summed E-state index contributed by atoms with van der Waals surface area (Å²) in [7, 11) is 1.85. The lowest BCUT2D eigenvalue weighted by Crippen LogP contribution is -2.43. The van der Waals surface area contributed by atoms with Gasteiger partial charge in [-0.05, 0) is 44.4 Å². The number of carboxylic acid groups (broad SMARTS) is 1. The molecule has 2 atom stereocenters. The Morgan fingerprint density at radius 3 is 2.48 bits per heavy atom. The van der Waals surface area contributed by atoms with Gasteiger partial charge in [-0.3, -0.25) is 4.79 Å². The summed E-state index contributed by atoms with van der Waals surface area (Å²) in [6.07, 6.45) is 6.32. The molecule has 5 heteroatoms. The average Bonchev–Trinajstić information content (AvgIpc) is 3.27. The van der Waals surface area contributed by atoms with E-state index >= 15 is 0 Å². The number of aliphatic carboxylic acids is 1. The van der Waals surface area contributed by atoms with Crippen LogP contribution >= 0.6 is 0 Å². The van der Waals surface area contributed by atoms with Crippen LogP contribution in [0.5, 0.6) is 0 Å². The molecule has 0 saturated heterocycles. The Morgan fingerprint density at radius 2 is 1.95 bits per heavy atom. The van der Waals surface area contributed by atoms with Crippen LogP contribution < -0.4 is 5.32 Å². The van der Waals surface area contributed by atoms with Gasteiger partial charge in [0.1, 0.15) is 0 Å². The minimum absolute atomic E-state index is 0.0112. The van der Waals surface area contributed by atoms with Gasteiger partial charge in [0, 0.05) is 26.1 Å². The van der Waals surface area contributed by atoms with Gasteiger partial charge < -0.3 is 15.3 Å². The van der Waals surface area contributed by atoms with Gasteiger partial charge in [0.25, 0.3) is 0 Å². The van der Waals surface area contributed by atoms with Crippen LogP contribution in [0.3, 0.4) is 0 Å². The Hall–Kier alpha value is -1.26. The second kappa shape index (κ2) is 8.90. The van der Waals surface area contributed by atoms with E-state index in [0.29, 0.717) is 30.8 Å². The highest BCUT2D eigenvalue weighted by atomic mass is 16.4. The van der Waals surface area contributed by atoms with Crippen LogP contribution in [0.2, 0.25) is 0 Å². The molecule has 1 fully saturated rings. The van der Waals surface area contributed by atoms with Gasteiger partial charge in [0.2, 0.25) is 0 Å². The standard InChI is InChI=1S/C16H30N2O3/c1-4-5-13(6-9-15(19)20)10-11-17-16(21)18(3)12(2)14-7-8-14/h12-14H,4-11H2,1-3H3,(H,17,21)(H,19,20). The molecule has 1 saturated carbocycles. The smallest absolute Gasteiger partial charge is 0.317 e. The lowest BCUT2D eigenvalue weighted by molar-refractivity contribution is -0.137. The summed E-state index contributed by atoms with van der Waals surface area (Å²) < 4.78 is 0. The van der Waals surface area contributed by atoms with Crippen LogP contribution in [-0.2, 0) is 4.79 Å². The highest BCUT2D eigenvalue weighted by Crippen LogP contribution is 2.34. The van der Waals surface area contributed by atoms with Crippen molar-refractivity contribution in [2.45, 2.75) is 64.8 Å². The summed E-state index contributed by atoms with van der Waals surface area (Å²) in [5.41, 5.74) is 0. The van der Waals surface area contributed by atoms with Crippen molar-refractivity contribution < 1.29 is 14.7 Å². The third kappa shape index (κ3) is 6.82. The van der Waals surface area contributed by atoms with E-state index in [4.69, 9.17) is 5.11 Å². The van der Waals surface area contributed by atoms with Crippen molar-refractivity contribution in [3.63, 3.8) is 0 Å². The second-order valence-corrected chi connectivity index (χ2v) is 6.30. The molecule has 21 heavy (non-hydrogen) atoms. The maximum Gasteiger partial charge on any atom is 0.317 e. The van der Waals surface area contributed by atoms with Crippen molar-refractivity contribution in [1.82, 2.24) is 10.2 Å². The van der Waals surface area contributed by atoms with Crippen LogP contribution in [-0.4, -0.2) is 41.6 Å². The topological polar surface area (TPSA) is 69.6 Å². The number of carboxylic acids is 1. The third-order valence-corrected chi connectivity index (χ3v) is 4.53. The van der Waals surface area contributed by atoms with Gasteiger partial charge in [-0.1, -0.05) is 19.8 Å². The lowest BCUT2D eigenvalue weighted by atomic mass is 9.94. The summed E-state index contributed by atoms with van der Waals surface area (Å²) in [5.74, 6) is 0.319. The first-order chi connectivity index (χ1) is 9.95. The summed E-state index contributed by atoms with van der Waals surface area (Å²) >= 11 is 0. The van der Waals surface area contributed by atoms with E-state index in [1.165, 1.54) is 12.8 Å². The van der Waals surface area contributed by atoms with E-state index in [9.17, 15) is 9.59 Å². The fraction of sp³-hybridized carbons (Fsp3) is 0.875. The number of urea groups is 1. The Balaban J connectivity index is 2.24. The average molecular weight is 298 g/mol. The minimum atomic E-state index is -0.738. The number of hydrogen-bond donors (Lipinski definition) is 2. The van der Waals surface area contributed by atoms with E-state index < -0.39 is 5.97 Å². The Labute approximate surface area is 128 Å². The van der Waals surface area contributed by atoms with Gasteiger partial charge in [-0.15, -0.1) is 0 Å². The molecule has 2 unspecified atom stereocenters. The molecule has 0 spiro atoms. The van der Waals surface area contributed by atoms with E-state index in [1.54, 1.807) is 4.90 Å². The first-order valence-electron chi connectivity index (χ1n) is 8.18. The van der Waals surface area contributed by atoms with E-state index in [-0.39, 0.29) is 12.5 Å². The normalized spacial score (nSPS) is 17.1. The number of carbonyl (C=O) groups is 2. The molecule has 0 aromatic carbocycles. The number of hydrogen-bond acceptors (Lipinski definition) is 2. The fourth-order valence-electron chi connectivity index (χ4n) is 2.76. The summed E-state index contributed by atoms with van der Waals surface area (Å²) in [5, 5.41) is 11.7. The SMILES string of the molecule is CCCC(CCNC(=O)N(C)C(C)C1CC1)CCC(=O)O. The molecule has 0 radical (unpaired) electrons. The van der Waals surface area contributed by atoms with E-state index in [2.05, 4.69) is 19.2 Å². The molecule has 122 valence electrons. The Morgan fingerprint density at radius 1 is 1.29 bits per heavy atom. The molecule has 0 aromatic heterocycles. The minimum Gasteiger partial charge on any atom is -0.481 e. The Bertz CT molecular complexity index is 342. The molecular formula is C16H30N2O3. The number of amides is 2. The van der Waals surface area contributed by atoms with Crippen molar-refractivity contribution in [3.8, 4) is 0 Å². The monoisotopic (exact) mass is 298 g/mol. The predicted octanol–water partition coefficient (Wildman–Crippen LogP) is 3.10. The first-order valence-corrected chi connectivity index (χ1v) is 8.18. The van der Waals surface area contributed by atoms with Gasteiger partial charge in [0.05, 0.1) is 0 Å². The fourth-order valence-corrected chi connectivity index (χ4v) is 2.76. The zero-order valence-corrected chi connectivity index (χ0v) is 13.6. The maximum atomic E-state index is 12.0. The number of nitrogens with one attached hydrogen (secondary N) is 1. The molecule has 1 aliphatic rings. The van der Waals surface area contributed by atoms with Crippen LogP contribution in [0.4, 0.5) is 4.79 Å². The molecule has 0 heterocycles. The molecule has 2 N–H and O–H groups in total. The summed E-state index contributed by atoms with van der Waals surface area (Å²) in [6, 6.07) is 0.298. The zero-order chi connectivity index (χ0) is 15.8. The largest absolute Gasteiger partial charge is 0.481 e. The summed E-state index contributed by atoms with van der Waals surface area (Å²) in [4.78, 5) is 24.5. The van der Waals surface area contributed by atoms with E-state index in [1.807, 2.05) is 7.05 Å². The molecule has 1 aliphatic carbocycles. The van der Waals surface area contributed by atoms with Crippen LogP contribution in [0.1, 0.15) is 58.8 Å². The molecule has 0 aliphatic heterocycles. The number of rotatable bonds is 10. The quantitative estimate of drug-likeness (QED) is 0.651. The predicted molar refractivity (Wildman–Crippen MR) is 83.2 cm³/mol. The van der Waals surface area contributed by atoms with Gasteiger partial charge in [-0.2, -0.15) is 0 Å². The third-order valence-electron chi connectivity index (χ3n) is 4.53. The highest BCUT2D eigenvalue weighted by molar-refractivity contribution is 5.74. The van der Waals surface area contributed by atoms with Crippen molar-refractivity contribution in [1.29, 1.82) is 0 Å². The van der Waals surface area contributed by atoms with Crippen LogP contribution in [0.25, 0.3) is 0 Å². The van der Waals surface area contributed by atoms with E-state index in [0.717, 1.165) is 19.3 Å². The molecule has 2 amide bonds. The van der Waals surface area contributed by atoms with Crippen molar-refractivity contribution in [2.75, 3.05) is 13.6 Å². The molecule has 0 aromatic rings. The van der Waals surface area contributed by atoms with Crippen molar-refractivity contribution in [2.24, 2.45) is 11.8 Å². The number of nitrogens with zero attached hydrogens (tertiary/aromatic N) is 1. The maximum absolute atomic E-state index is 12.0. The first kappa shape index (κ1) is 17.8. The highest BCUT2D eigenvalue weighted by Gasteiger charge is 2.32. The molecule has 0 bridgehead atoms.